The minimum Gasteiger partial charge on any atom is -0.487 e. The molecule has 1 N–H and O–H groups in total. The Morgan fingerprint density at radius 2 is 1.97 bits per heavy atom. The van der Waals surface area contributed by atoms with Crippen molar-refractivity contribution in [1.29, 1.82) is 0 Å². The molecule has 7 nitrogen and oxygen atoms in total. The molecule has 150 valence electrons. The second kappa shape index (κ2) is 8.53. The van der Waals surface area contributed by atoms with E-state index in [-0.39, 0.29) is 12.2 Å². The normalized spacial score (nSPS) is 13.5. The smallest absolute Gasteiger partial charge is 0.258 e. The Bertz CT molecular complexity index is 1050. The van der Waals surface area contributed by atoms with Gasteiger partial charge in [0.1, 0.15) is 12.4 Å². The highest BCUT2D eigenvalue weighted by molar-refractivity contribution is 6.30. The Morgan fingerprint density at radius 1 is 1.14 bits per heavy atom. The van der Waals surface area contributed by atoms with Gasteiger partial charge in [-0.2, -0.15) is 0 Å². The second-order valence-electron chi connectivity index (χ2n) is 6.84. The predicted octanol–water partition coefficient (Wildman–Crippen LogP) is 3.50. The summed E-state index contributed by atoms with van der Waals surface area (Å²) in [7, 11) is 1.87. The van der Waals surface area contributed by atoms with E-state index < -0.39 is 0 Å². The van der Waals surface area contributed by atoms with Crippen LogP contribution in [0.5, 0.6) is 5.75 Å². The van der Waals surface area contributed by atoms with Crippen molar-refractivity contribution in [3.8, 4) is 11.4 Å². The van der Waals surface area contributed by atoms with Gasteiger partial charge in [-0.3, -0.25) is 14.3 Å². The van der Waals surface area contributed by atoms with Crippen molar-refractivity contribution in [1.82, 2.24) is 14.5 Å². The molecule has 0 aromatic carbocycles. The summed E-state index contributed by atoms with van der Waals surface area (Å²) in [5.41, 5.74) is 2.15. The molecule has 3 aromatic rings. The van der Waals surface area contributed by atoms with Crippen molar-refractivity contribution < 1.29 is 4.74 Å². The van der Waals surface area contributed by atoms with E-state index >= 15 is 0 Å². The monoisotopic (exact) mass is 411 g/mol. The quantitative estimate of drug-likeness (QED) is 0.669. The van der Waals surface area contributed by atoms with E-state index in [4.69, 9.17) is 16.3 Å². The van der Waals surface area contributed by atoms with E-state index in [9.17, 15) is 4.79 Å². The van der Waals surface area contributed by atoms with Crippen LogP contribution < -0.4 is 20.5 Å². The molecular weight excluding hydrogens is 390 g/mol. The fourth-order valence-electron chi connectivity index (χ4n) is 3.36. The molecule has 0 bridgehead atoms. The Balaban J connectivity index is 1.53. The molecule has 3 aromatic heterocycles. The van der Waals surface area contributed by atoms with Crippen molar-refractivity contribution in [2.24, 2.45) is 0 Å². The lowest BCUT2D eigenvalue weighted by molar-refractivity contribution is 0.300. The molecule has 8 heteroatoms. The Hall–Kier alpha value is -3.06. The molecule has 0 unspecified atom stereocenters. The molecule has 0 atom stereocenters. The molecule has 0 spiro atoms. The van der Waals surface area contributed by atoms with Crippen molar-refractivity contribution in [2.45, 2.75) is 19.4 Å². The summed E-state index contributed by atoms with van der Waals surface area (Å²) in [5.74, 6) is 1.41. The molecular formula is C21H22ClN5O2. The fourth-order valence-corrected chi connectivity index (χ4v) is 3.47. The molecule has 1 saturated heterocycles. The minimum atomic E-state index is -0.190. The zero-order valence-corrected chi connectivity index (χ0v) is 16.9. The summed E-state index contributed by atoms with van der Waals surface area (Å²) < 4.78 is 7.23. The van der Waals surface area contributed by atoms with Gasteiger partial charge in [-0.25, -0.2) is 4.98 Å². The first-order valence-electron chi connectivity index (χ1n) is 9.53. The molecule has 0 amide bonds. The summed E-state index contributed by atoms with van der Waals surface area (Å²) in [6.45, 7) is 2.28. The van der Waals surface area contributed by atoms with Crippen molar-refractivity contribution >= 4 is 23.1 Å². The van der Waals surface area contributed by atoms with E-state index in [0.29, 0.717) is 16.5 Å². The number of anilines is 2. The van der Waals surface area contributed by atoms with Gasteiger partial charge in [-0.15, -0.1) is 0 Å². The van der Waals surface area contributed by atoms with E-state index in [1.165, 1.54) is 18.9 Å². The van der Waals surface area contributed by atoms with Gasteiger partial charge in [0.05, 0.1) is 28.3 Å². The Labute approximate surface area is 173 Å². The number of nitrogens with one attached hydrogen (secondary N) is 1. The highest BCUT2D eigenvalue weighted by Gasteiger charge is 2.17. The minimum absolute atomic E-state index is 0.190. The van der Waals surface area contributed by atoms with Crippen molar-refractivity contribution in [3.63, 3.8) is 0 Å². The van der Waals surface area contributed by atoms with Crippen LogP contribution >= 0.6 is 11.6 Å². The van der Waals surface area contributed by atoms with Crippen LogP contribution in [0.2, 0.25) is 5.02 Å². The number of hydrogen-bond donors (Lipinski definition) is 1. The maximum Gasteiger partial charge on any atom is 0.258 e. The van der Waals surface area contributed by atoms with Crippen molar-refractivity contribution in [2.75, 3.05) is 30.4 Å². The summed E-state index contributed by atoms with van der Waals surface area (Å²) in [5, 5.41) is 3.77. The van der Waals surface area contributed by atoms with Gasteiger partial charge in [0, 0.05) is 38.6 Å². The number of aromatic nitrogens is 3. The van der Waals surface area contributed by atoms with E-state index in [1.807, 2.05) is 13.1 Å². The summed E-state index contributed by atoms with van der Waals surface area (Å²) in [4.78, 5) is 23.7. The van der Waals surface area contributed by atoms with Crippen LogP contribution in [0, 0.1) is 0 Å². The highest BCUT2D eigenvalue weighted by atomic mass is 35.5. The van der Waals surface area contributed by atoms with Crippen LogP contribution in [0.1, 0.15) is 18.5 Å². The molecule has 0 aliphatic carbocycles. The summed E-state index contributed by atoms with van der Waals surface area (Å²) >= 11 is 5.83. The lowest BCUT2D eigenvalue weighted by atomic mass is 10.3. The predicted molar refractivity (Wildman–Crippen MR) is 114 cm³/mol. The first-order chi connectivity index (χ1) is 14.1. The third kappa shape index (κ3) is 4.35. The SMILES string of the molecule is CNc1cc(-n2ccc(OCc3ccc(Cl)cn3)cc2=O)cnc1N1CCCC1. The zero-order chi connectivity index (χ0) is 20.2. The average Bonchev–Trinajstić information content (AvgIpc) is 3.28. The number of pyridine rings is 3. The summed E-state index contributed by atoms with van der Waals surface area (Å²) in [6, 6.07) is 8.70. The van der Waals surface area contributed by atoms with Gasteiger partial charge in [0.25, 0.3) is 5.56 Å². The average molecular weight is 412 g/mol. The molecule has 0 radical (unpaired) electrons. The van der Waals surface area contributed by atoms with Crippen LogP contribution in [0.25, 0.3) is 5.69 Å². The van der Waals surface area contributed by atoms with E-state index in [1.54, 1.807) is 41.4 Å². The number of halogens is 1. The van der Waals surface area contributed by atoms with Gasteiger partial charge < -0.3 is 15.0 Å². The largest absolute Gasteiger partial charge is 0.487 e. The van der Waals surface area contributed by atoms with Crippen molar-refractivity contribution in [3.05, 3.63) is 70.0 Å². The molecule has 1 aliphatic heterocycles. The molecule has 4 heterocycles. The zero-order valence-electron chi connectivity index (χ0n) is 16.1. The number of hydrogen-bond acceptors (Lipinski definition) is 6. The van der Waals surface area contributed by atoms with Crippen LogP contribution in [0.3, 0.4) is 0 Å². The third-order valence-corrected chi connectivity index (χ3v) is 5.10. The van der Waals surface area contributed by atoms with Gasteiger partial charge in [-0.05, 0) is 37.1 Å². The fraction of sp³-hybridized carbons (Fsp3) is 0.286. The van der Waals surface area contributed by atoms with Gasteiger partial charge >= 0.3 is 0 Å². The molecule has 4 rings (SSSR count). The Morgan fingerprint density at radius 3 is 2.66 bits per heavy atom. The lowest BCUT2D eigenvalue weighted by Gasteiger charge is -2.20. The second-order valence-corrected chi connectivity index (χ2v) is 7.27. The number of nitrogens with zero attached hydrogens (tertiary/aromatic N) is 4. The van der Waals surface area contributed by atoms with Crippen LogP contribution in [-0.4, -0.2) is 34.7 Å². The molecule has 1 fully saturated rings. The van der Waals surface area contributed by atoms with Crippen LogP contribution in [0.15, 0.2) is 53.7 Å². The molecule has 29 heavy (non-hydrogen) atoms. The van der Waals surface area contributed by atoms with Gasteiger partial charge in [0.15, 0.2) is 5.82 Å². The Kier molecular flexibility index (Phi) is 5.67. The third-order valence-electron chi connectivity index (χ3n) is 4.87. The standard InChI is InChI=1S/C21H22ClN5O2/c1-23-19-10-17(13-25-21(19)26-7-2-3-8-26)27-9-6-18(11-20(27)28)29-14-16-5-4-15(22)12-24-16/h4-6,9-13,23H,2-3,7-8,14H2,1H3. The lowest BCUT2D eigenvalue weighted by Crippen LogP contribution is -2.21. The van der Waals surface area contributed by atoms with Crippen LogP contribution in [-0.2, 0) is 6.61 Å². The van der Waals surface area contributed by atoms with Gasteiger partial charge in [-0.1, -0.05) is 11.6 Å². The molecule has 0 saturated carbocycles. The highest BCUT2D eigenvalue weighted by Crippen LogP contribution is 2.28. The number of rotatable bonds is 6. The van der Waals surface area contributed by atoms with Crippen LogP contribution in [0.4, 0.5) is 11.5 Å². The molecule has 1 aliphatic rings. The van der Waals surface area contributed by atoms with E-state index in [0.717, 1.165) is 30.3 Å². The maximum absolute atomic E-state index is 12.6. The topological polar surface area (TPSA) is 72.3 Å². The summed E-state index contributed by atoms with van der Waals surface area (Å²) in [6.07, 6.45) is 7.35. The van der Waals surface area contributed by atoms with Gasteiger partial charge in [0.2, 0.25) is 0 Å². The maximum atomic E-state index is 12.6. The first-order valence-corrected chi connectivity index (χ1v) is 9.91. The first kappa shape index (κ1) is 19.3. The number of ether oxygens (including phenoxy) is 1. The van der Waals surface area contributed by atoms with E-state index in [2.05, 4.69) is 20.2 Å².